The zero-order valence-corrected chi connectivity index (χ0v) is 16.8. The maximum atomic E-state index is 12.7. The highest BCUT2D eigenvalue weighted by Crippen LogP contribution is 2.23. The van der Waals surface area contributed by atoms with Gasteiger partial charge >= 0.3 is 0 Å². The summed E-state index contributed by atoms with van der Waals surface area (Å²) in [5, 5.41) is 18.2. The van der Waals surface area contributed by atoms with Gasteiger partial charge in [-0.2, -0.15) is 5.10 Å². The van der Waals surface area contributed by atoms with Crippen molar-refractivity contribution in [3.8, 4) is 0 Å². The zero-order chi connectivity index (χ0) is 19.6. The average molecular weight is 392 g/mol. The van der Waals surface area contributed by atoms with Gasteiger partial charge in [-0.1, -0.05) is 11.3 Å². The molecule has 0 bridgehead atoms. The summed E-state index contributed by atoms with van der Waals surface area (Å²) in [6.45, 7) is 7.12. The molecule has 0 spiro atoms. The van der Waals surface area contributed by atoms with E-state index in [0.29, 0.717) is 31.1 Å². The quantitative estimate of drug-likeness (QED) is 0.801. The van der Waals surface area contributed by atoms with Crippen molar-refractivity contribution in [2.75, 3.05) is 23.7 Å². The molecule has 3 heterocycles. The van der Waals surface area contributed by atoms with Crippen LogP contribution in [0.5, 0.6) is 0 Å². The lowest BCUT2D eigenvalue weighted by atomic mass is 9.95. The van der Waals surface area contributed by atoms with Crippen LogP contribution in [0.15, 0.2) is 5.51 Å². The number of nitrogens with one attached hydrogen (secondary N) is 2. The number of hydrogen-bond donors (Lipinski definition) is 2. The lowest BCUT2D eigenvalue weighted by Gasteiger charge is -2.34. The molecule has 1 aliphatic rings. The van der Waals surface area contributed by atoms with Crippen LogP contribution in [0.4, 0.5) is 10.8 Å². The van der Waals surface area contributed by atoms with E-state index >= 15 is 0 Å². The number of carbonyl (C=O) groups excluding carboxylic acids is 2. The molecule has 0 unspecified atom stereocenters. The topological polar surface area (TPSA) is 105 Å². The normalized spacial score (nSPS) is 16.9. The minimum Gasteiger partial charge on any atom is -0.322 e. The first-order valence-electron chi connectivity index (χ1n) is 8.99. The van der Waals surface area contributed by atoms with Crippen molar-refractivity contribution in [1.82, 2.24) is 24.9 Å². The highest BCUT2D eigenvalue weighted by atomic mass is 32.1. The number of carbonyl (C=O) groups is 2. The van der Waals surface area contributed by atoms with Crippen LogP contribution in [-0.2, 0) is 16.6 Å². The second kappa shape index (κ2) is 8.13. The van der Waals surface area contributed by atoms with Gasteiger partial charge in [0.25, 0.3) is 0 Å². The van der Waals surface area contributed by atoms with Crippen molar-refractivity contribution in [1.29, 1.82) is 0 Å². The molecule has 146 valence electrons. The van der Waals surface area contributed by atoms with Gasteiger partial charge in [-0.3, -0.25) is 19.2 Å². The van der Waals surface area contributed by atoms with E-state index in [2.05, 4.69) is 30.8 Å². The van der Waals surface area contributed by atoms with Crippen molar-refractivity contribution in [3.05, 3.63) is 16.9 Å². The number of aromatic nitrogens is 4. The highest BCUT2D eigenvalue weighted by molar-refractivity contribution is 7.13. The predicted molar refractivity (Wildman–Crippen MR) is 104 cm³/mol. The lowest BCUT2D eigenvalue weighted by molar-refractivity contribution is -0.123. The first kappa shape index (κ1) is 19.4. The van der Waals surface area contributed by atoms with Crippen molar-refractivity contribution in [2.24, 2.45) is 13.0 Å². The van der Waals surface area contributed by atoms with Gasteiger partial charge in [-0.25, -0.2) is 0 Å². The molecule has 0 saturated carbocycles. The summed E-state index contributed by atoms with van der Waals surface area (Å²) < 4.78 is 1.76. The van der Waals surface area contributed by atoms with E-state index in [1.54, 1.807) is 10.2 Å². The maximum Gasteiger partial charge on any atom is 0.241 e. The molecular formula is C17H25N7O2S. The number of hydrogen-bond acceptors (Lipinski definition) is 7. The molecule has 10 heteroatoms. The predicted octanol–water partition coefficient (Wildman–Crippen LogP) is 1.57. The minimum atomic E-state index is -0.267. The molecule has 2 N–H and O–H groups in total. The van der Waals surface area contributed by atoms with Crippen molar-refractivity contribution in [3.63, 3.8) is 0 Å². The number of rotatable bonds is 5. The van der Waals surface area contributed by atoms with Crippen molar-refractivity contribution >= 4 is 34.0 Å². The molecule has 3 rings (SSSR count). The van der Waals surface area contributed by atoms with Gasteiger partial charge < -0.3 is 10.6 Å². The van der Waals surface area contributed by atoms with E-state index < -0.39 is 0 Å². The SMILES string of the molecule is Cc1nn(C)c(C)c1NC(=O)[C@H](C)N1CCC(C(=O)Nc2nncs2)CC1. The molecule has 2 aromatic heterocycles. The van der Waals surface area contributed by atoms with Gasteiger partial charge in [0.2, 0.25) is 16.9 Å². The van der Waals surface area contributed by atoms with E-state index in [4.69, 9.17) is 0 Å². The number of nitrogens with zero attached hydrogens (tertiary/aromatic N) is 5. The zero-order valence-electron chi connectivity index (χ0n) is 16.0. The van der Waals surface area contributed by atoms with Crippen LogP contribution in [0.2, 0.25) is 0 Å². The summed E-state index contributed by atoms with van der Waals surface area (Å²) in [6, 6.07) is -0.267. The molecule has 1 saturated heterocycles. The third-order valence-corrected chi connectivity index (χ3v) is 5.78. The highest BCUT2D eigenvalue weighted by Gasteiger charge is 2.30. The Morgan fingerprint density at radius 3 is 2.52 bits per heavy atom. The second-order valence-electron chi connectivity index (χ2n) is 6.88. The molecule has 27 heavy (non-hydrogen) atoms. The Labute approximate surface area is 162 Å². The van der Waals surface area contributed by atoms with Crippen LogP contribution in [-0.4, -0.2) is 55.8 Å². The fraction of sp³-hybridized carbons (Fsp3) is 0.588. The molecule has 0 radical (unpaired) electrons. The Hall–Kier alpha value is -2.33. The fourth-order valence-electron chi connectivity index (χ4n) is 3.33. The van der Waals surface area contributed by atoms with Crippen molar-refractivity contribution < 1.29 is 9.59 Å². The van der Waals surface area contributed by atoms with Crippen LogP contribution >= 0.6 is 11.3 Å². The van der Waals surface area contributed by atoms with Gasteiger partial charge in [0.1, 0.15) is 5.51 Å². The lowest BCUT2D eigenvalue weighted by Crippen LogP contribution is -2.47. The number of amides is 2. The number of aryl methyl sites for hydroxylation is 2. The summed E-state index contributed by atoms with van der Waals surface area (Å²) in [5.41, 5.74) is 4.10. The first-order chi connectivity index (χ1) is 12.9. The van der Waals surface area contributed by atoms with Crippen LogP contribution in [0.25, 0.3) is 0 Å². The fourth-order valence-corrected chi connectivity index (χ4v) is 3.78. The van der Waals surface area contributed by atoms with Crippen LogP contribution in [0.1, 0.15) is 31.2 Å². The second-order valence-corrected chi connectivity index (χ2v) is 7.71. The maximum absolute atomic E-state index is 12.7. The monoisotopic (exact) mass is 391 g/mol. The number of likely N-dealkylation sites (tertiary alicyclic amines) is 1. The van der Waals surface area contributed by atoms with Gasteiger partial charge in [0.05, 0.1) is 23.1 Å². The minimum absolute atomic E-state index is 0.0230. The van der Waals surface area contributed by atoms with Crippen LogP contribution < -0.4 is 10.6 Å². The Morgan fingerprint density at radius 1 is 1.26 bits per heavy atom. The van der Waals surface area contributed by atoms with Gasteiger partial charge in [-0.05, 0) is 46.7 Å². The van der Waals surface area contributed by atoms with E-state index in [-0.39, 0.29) is 23.8 Å². The van der Waals surface area contributed by atoms with Crippen molar-refractivity contribution in [2.45, 2.75) is 39.7 Å². The third kappa shape index (κ3) is 4.33. The van der Waals surface area contributed by atoms with Crippen LogP contribution in [0, 0.1) is 19.8 Å². The Balaban J connectivity index is 1.52. The molecule has 0 aromatic carbocycles. The molecule has 1 fully saturated rings. The standard InChI is InChI=1S/C17H25N7O2S/c1-10-14(11(2)23(4)22-10)19-15(25)12(3)24-7-5-13(6-8-24)16(26)20-17-21-18-9-27-17/h9,12-13H,5-8H2,1-4H3,(H,19,25)(H,20,21,26)/t12-/m0/s1. The summed E-state index contributed by atoms with van der Waals surface area (Å²) in [5.74, 6) is -0.140. The number of anilines is 2. The third-order valence-electron chi connectivity index (χ3n) is 5.17. The Kier molecular flexibility index (Phi) is 5.85. The average Bonchev–Trinajstić information content (AvgIpc) is 3.25. The van der Waals surface area contributed by atoms with Gasteiger partial charge in [0.15, 0.2) is 0 Å². The molecule has 2 aromatic rings. The molecule has 0 aliphatic carbocycles. The Bertz CT molecular complexity index is 810. The molecule has 1 atom stereocenters. The number of piperidine rings is 1. The molecular weight excluding hydrogens is 366 g/mol. The van der Waals surface area contributed by atoms with E-state index in [9.17, 15) is 9.59 Å². The van der Waals surface area contributed by atoms with Gasteiger partial charge in [0, 0.05) is 13.0 Å². The molecule has 2 amide bonds. The summed E-state index contributed by atoms with van der Waals surface area (Å²) in [4.78, 5) is 27.1. The largest absolute Gasteiger partial charge is 0.322 e. The van der Waals surface area contributed by atoms with Crippen LogP contribution in [0.3, 0.4) is 0 Å². The summed E-state index contributed by atoms with van der Waals surface area (Å²) in [6.07, 6.45) is 1.43. The molecule has 9 nitrogen and oxygen atoms in total. The van der Waals surface area contributed by atoms with E-state index in [0.717, 1.165) is 17.1 Å². The smallest absolute Gasteiger partial charge is 0.241 e. The van der Waals surface area contributed by atoms with E-state index in [1.807, 2.05) is 27.8 Å². The molecule has 1 aliphatic heterocycles. The van der Waals surface area contributed by atoms with Gasteiger partial charge in [-0.15, -0.1) is 10.2 Å². The Morgan fingerprint density at radius 2 is 1.96 bits per heavy atom. The summed E-state index contributed by atoms with van der Waals surface area (Å²) >= 11 is 1.31. The summed E-state index contributed by atoms with van der Waals surface area (Å²) in [7, 11) is 1.86. The van der Waals surface area contributed by atoms with E-state index in [1.165, 1.54) is 11.3 Å². The first-order valence-corrected chi connectivity index (χ1v) is 9.87.